The molecule has 2 rings (SSSR count). The fourth-order valence-corrected chi connectivity index (χ4v) is 2.72. The monoisotopic (exact) mass is 367 g/mol. The molecular formula is C16H21N3O7. The van der Waals surface area contributed by atoms with E-state index < -0.39 is 36.3 Å². The number of carbonyl (C=O) groups excluding carboxylic acids is 1. The van der Waals surface area contributed by atoms with Gasteiger partial charge in [0.05, 0.1) is 6.04 Å². The Labute approximate surface area is 149 Å². The minimum atomic E-state index is -2.32. The summed E-state index contributed by atoms with van der Waals surface area (Å²) in [4.78, 5) is 32.1. The minimum Gasteiger partial charge on any atom is -0.479 e. The summed E-state index contributed by atoms with van der Waals surface area (Å²) in [6.45, 7) is 0.334. The summed E-state index contributed by atoms with van der Waals surface area (Å²) in [5.74, 6) is -2.63. The Morgan fingerprint density at radius 3 is 2.35 bits per heavy atom. The van der Waals surface area contributed by atoms with Crippen molar-refractivity contribution in [2.45, 2.75) is 43.3 Å². The highest BCUT2D eigenvalue weighted by Crippen LogP contribution is 2.21. The average Bonchev–Trinajstić information content (AvgIpc) is 3.12. The van der Waals surface area contributed by atoms with Gasteiger partial charge in [-0.15, -0.1) is 0 Å². The van der Waals surface area contributed by atoms with Crippen molar-refractivity contribution in [1.82, 2.24) is 14.9 Å². The maximum absolute atomic E-state index is 12.4. The van der Waals surface area contributed by atoms with Crippen molar-refractivity contribution in [1.29, 1.82) is 0 Å². The van der Waals surface area contributed by atoms with Crippen molar-refractivity contribution in [3.05, 3.63) is 30.4 Å². The molecule has 26 heavy (non-hydrogen) atoms. The van der Waals surface area contributed by atoms with Crippen molar-refractivity contribution in [2.75, 3.05) is 6.54 Å². The molecule has 10 nitrogen and oxygen atoms in total. The zero-order valence-electron chi connectivity index (χ0n) is 13.8. The fourth-order valence-electron chi connectivity index (χ4n) is 2.72. The Kier molecular flexibility index (Phi) is 6.75. The number of rotatable bonds is 7. The third-order valence-corrected chi connectivity index (χ3v) is 4.18. The third kappa shape index (κ3) is 4.61. The molecule has 5 unspecified atom stereocenters. The lowest BCUT2D eigenvalue weighted by molar-refractivity contribution is -0.169. The van der Waals surface area contributed by atoms with Gasteiger partial charge in [0.2, 0.25) is 0 Å². The quantitative estimate of drug-likeness (QED) is 0.367. The average molecular weight is 367 g/mol. The topological polar surface area (TPSA) is 164 Å². The SMILES string of the molecule is O=C(O)C(O)C(O)C(O)C(O)C(=O)N1CCCC1C=Cc1cncnc1. The third-order valence-electron chi connectivity index (χ3n) is 4.18. The van der Waals surface area contributed by atoms with Crippen LogP contribution in [-0.2, 0) is 9.59 Å². The van der Waals surface area contributed by atoms with E-state index in [1.807, 2.05) is 0 Å². The van der Waals surface area contributed by atoms with Crippen LogP contribution in [0, 0.1) is 0 Å². The standard InChI is InChI=1S/C16H21N3O7/c20-11(12(21)14(23)16(25)26)13(22)15(24)19-5-1-2-10(19)4-3-9-6-17-8-18-7-9/h3-4,6-8,10-14,20-23H,1-2,5H2,(H,25,26). The second-order valence-electron chi connectivity index (χ2n) is 5.98. The zero-order chi connectivity index (χ0) is 19.3. The summed E-state index contributed by atoms with van der Waals surface area (Å²) in [6.07, 6.45) is 0.622. The van der Waals surface area contributed by atoms with Crippen LogP contribution < -0.4 is 0 Å². The summed E-state index contributed by atoms with van der Waals surface area (Å²) >= 11 is 0. The minimum absolute atomic E-state index is 0.334. The predicted octanol–water partition coefficient (Wildman–Crippen LogP) is -1.99. The lowest BCUT2D eigenvalue weighted by Gasteiger charge is -2.29. The number of carboxylic acid groups (broad SMARTS) is 1. The highest BCUT2D eigenvalue weighted by Gasteiger charge is 2.40. The van der Waals surface area contributed by atoms with Gasteiger partial charge in [0.25, 0.3) is 5.91 Å². The lowest BCUT2D eigenvalue weighted by atomic mass is 10.0. The van der Waals surface area contributed by atoms with Gasteiger partial charge in [-0.1, -0.05) is 12.2 Å². The number of carboxylic acids is 1. The number of hydrogen-bond donors (Lipinski definition) is 5. The molecule has 0 aromatic carbocycles. The molecule has 1 aliphatic heterocycles. The van der Waals surface area contributed by atoms with Gasteiger partial charge in [0.1, 0.15) is 18.5 Å². The van der Waals surface area contributed by atoms with Gasteiger partial charge < -0.3 is 30.4 Å². The number of likely N-dealkylation sites (tertiary alicyclic amines) is 1. The molecule has 0 bridgehead atoms. The summed E-state index contributed by atoms with van der Waals surface area (Å²) in [7, 11) is 0. The van der Waals surface area contributed by atoms with Gasteiger partial charge in [-0.25, -0.2) is 14.8 Å². The van der Waals surface area contributed by atoms with Crippen molar-refractivity contribution in [2.24, 2.45) is 0 Å². The maximum Gasteiger partial charge on any atom is 0.335 e. The van der Waals surface area contributed by atoms with Gasteiger partial charge >= 0.3 is 5.97 Å². The number of nitrogens with zero attached hydrogens (tertiary/aromatic N) is 3. The number of aromatic nitrogens is 2. The molecule has 2 heterocycles. The van der Waals surface area contributed by atoms with Crippen molar-refractivity contribution in [3.63, 3.8) is 0 Å². The second-order valence-corrected chi connectivity index (χ2v) is 5.98. The molecule has 0 spiro atoms. The van der Waals surface area contributed by atoms with Crippen molar-refractivity contribution >= 4 is 18.0 Å². The Morgan fingerprint density at radius 2 is 1.73 bits per heavy atom. The first-order chi connectivity index (χ1) is 12.3. The van der Waals surface area contributed by atoms with Crippen LogP contribution in [-0.4, -0.2) is 89.3 Å². The van der Waals surface area contributed by atoms with Gasteiger partial charge in [0, 0.05) is 24.5 Å². The van der Waals surface area contributed by atoms with E-state index in [1.54, 1.807) is 24.5 Å². The molecule has 1 aliphatic rings. The molecule has 142 valence electrons. The van der Waals surface area contributed by atoms with E-state index in [1.165, 1.54) is 11.2 Å². The number of aliphatic hydroxyl groups is 4. The summed E-state index contributed by atoms with van der Waals surface area (Å²) in [5, 5.41) is 47.3. The normalized spacial score (nSPS) is 22.2. The largest absolute Gasteiger partial charge is 0.479 e. The number of aliphatic hydroxyl groups excluding tert-OH is 4. The van der Waals surface area contributed by atoms with E-state index in [9.17, 15) is 30.0 Å². The molecule has 1 saturated heterocycles. The molecule has 5 N–H and O–H groups in total. The number of amides is 1. The van der Waals surface area contributed by atoms with Crippen molar-refractivity contribution in [3.8, 4) is 0 Å². The first kappa shape index (κ1) is 19.9. The second kappa shape index (κ2) is 8.81. The molecule has 0 radical (unpaired) electrons. The van der Waals surface area contributed by atoms with Crippen LogP contribution in [0.5, 0.6) is 0 Å². The maximum atomic E-state index is 12.4. The predicted molar refractivity (Wildman–Crippen MR) is 87.5 cm³/mol. The van der Waals surface area contributed by atoms with Crippen LogP contribution in [0.1, 0.15) is 18.4 Å². The van der Waals surface area contributed by atoms with Crippen LogP contribution in [0.3, 0.4) is 0 Å². The molecule has 1 aromatic rings. The molecule has 1 aromatic heterocycles. The van der Waals surface area contributed by atoms with E-state index >= 15 is 0 Å². The van der Waals surface area contributed by atoms with Crippen LogP contribution in [0.25, 0.3) is 6.08 Å². The fraction of sp³-hybridized carbons (Fsp3) is 0.500. The molecule has 5 atom stereocenters. The van der Waals surface area contributed by atoms with Crippen LogP contribution in [0.15, 0.2) is 24.8 Å². The smallest absolute Gasteiger partial charge is 0.335 e. The molecular weight excluding hydrogens is 346 g/mol. The summed E-state index contributed by atoms with van der Waals surface area (Å²) in [6, 6.07) is -0.342. The first-order valence-electron chi connectivity index (χ1n) is 8.01. The lowest BCUT2D eigenvalue weighted by Crippen LogP contribution is -2.54. The Hall–Kier alpha value is -2.40. The van der Waals surface area contributed by atoms with Gasteiger partial charge in [-0.3, -0.25) is 4.79 Å². The van der Waals surface area contributed by atoms with Crippen LogP contribution in [0.4, 0.5) is 0 Å². The molecule has 1 amide bonds. The van der Waals surface area contributed by atoms with Gasteiger partial charge in [-0.05, 0) is 12.8 Å². The van der Waals surface area contributed by atoms with E-state index in [4.69, 9.17) is 5.11 Å². The number of carbonyl (C=O) groups is 2. The highest BCUT2D eigenvalue weighted by molar-refractivity contribution is 5.82. The first-order valence-corrected chi connectivity index (χ1v) is 8.01. The number of aliphatic carboxylic acids is 1. The van der Waals surface area contributed by atoms with E-state index in [0.29, 0.717) is 19.4 Å². The molecule has 10 heteroatoms. The summed E-state index contributed by atoms with van der Waals surface area (Å²) < 4.78 is 0. The Bertz CT molecular complexity index is 655. The summed E-state index contributed by atoms with van der Waals surface area (Å²) in [5.41, 5.74) is 0.729. The van der Waals surface area contributed by atoms with E-state index in [0.717, 1.165) is 5.56 Å². The zero-order valence-corrected chi connectivity index (χ0v) is 13.8. The number of hydrogen-bond acceptors (Lipinski definition) is 8. The van der Waals surface area contributed by atoms with E-state index in [2.05, 4.69) is 9.97 Å². The molecule has 0 saturated carbocycles. The highest BCUT2D eigenvalue weighted by atomic mass is 16.4. The van der Waals surface area contributed by atoms with E-state index in [-0.39, 0.29) is 6.04 Å². The van der Waals surface area contributed by atoms with Gasteiger partial charge in [0.15, 0.2) is 12.2 Å². The van der Waals surface area contributed by atoms with Crippen LogP contribution >= 0.6 is 0 Å². The Balaban J connectivity index is 2.04. The Morgan fingerprint density at radius 1 is 1.12 bits per heavy atom. The van der Waals surface area contributed by atoms with Crippen molar-refractivity contribution < 1.29 is 35.1 Å². The molecule has 1 fully saturated rings. The molecule has 0 aliphatic carbocycles. The van der Waals surface area contributed by atoms with Crippen LogP contribution in [0.2, 0.25) is 0 Å². The van der Waals surface area contributed by atoms with Gasteiger partial charge in [-0.2, -0.15) is 0 Å².